The first-order chi connectivity index (χ1) is 12.9. The standard InChI is InChI=1S/C20H21ClN2O3S/c1-16-6-8-17(9-7-16)10-11-20(24)22-12-14-23(15-13-22)27(25,26)19-5-3-2-4-18(19)21/h2-11H,12-15H2,1H3/b11-10+. The van der Waals surface area contributed by atoms with Crippen molar-refractivity contribution in [1.29, 1.82) is 0 Å². The quantitative estimate of drug-likeness (QED) is 0.735. The highest BCUT2D eigenvalue weighted by molar-refractivity contribution is 7.89. The number of rotatable bonds is 4. The number of amides is 1. The number of nitrogens with zero attached hydrogens (tertiary/aromatic N) is 2. The van der Waals surface area contributed by atoms with Gasteiger partial charge in [0.05, 0.1) is 5.02 Å². The van der Waals surface area contributed by atoms with Gasteiger partial charge in [-0.15, -0.1) is 0 Å². The third kappa shape index (κ3) is 4.58. The molecule has 5 nitrogen and oxygen atoms in total. The van der Waals surface area contributed by atoms with Crippen LogP contribution >= 0.6 is 11.6 Å². The minimum Gasteiger partial charge on any atom is -0.337 e. The number of hydrogen-bond donors (Lipinski definition) is 0. The van der Waals surface area contributed by atoms with E-state index in [0.717, 1.165) is 11.1 Å². The monoisotopic (exact) mass is 404 g/mol. The Morgan fingerprint density at radius 2 is 1.63 bits per heavy atom. The second-order valence-corrected chi connectivity index (χ2v) is 8.72. The molecule has 2 aromatic carbocycles. The Hall–Kier alpha value is -2.15. The van der Waals surface area contributed by atoms with E-state index in [1.54, 1.807) is 29.2 Å². The average Bonchev–Trinajstić information content (AvgIpc) is 2.67. The van der Waals surface area contributed by atoms with Gasteiger partial charge in [-0.05, 0) is 30.7 Å². The second kappa shape index (κ2) is 8.25. The Balaban J connectivity index is 1.62. The van der Waals surface area contributed by atoms with Crippen molar-refractivity contribution >= 4 is 33.6 Å². The van der Waals surface area contributed by atoms with E-state index in [-0.39, 0.29) is 28.9 Å². The molecule has 27 heavy (non-hydrogen) atoms. The minimum absolute atomic E-state index is 0.103. The molecule has 0 atom stereocenters. The van der Waals surface area contributed by atoms with E-state index in [9.17, 15) is 13.2 Å². The predicted octanol–water partition coefficient (Wildman–Crippen LogP) is 3.19. The van der Waals surface area contributed by atoms with E-state index in [1.165, 1.54) is 16.4 Å². The summed E-state index contributed by atoms with van der Waals surface area (Å²) in [6.45, 7) is 3.20. The normalized spacial score (nSPS) is 16.0. The highest BCUT2D eigenvalue weighted by Gasteiger charge is 2.30. The maximum Gasteiger partial charge on any atom is 0.246 e. The summed E-state index contributed by atoms with van der Waals surface area (Å²) in [5.74, 6) is -0.120. The van der Waals surface area contributed by atoms with Gasteiger partial charge in [0.15, 0.2) is 0 Å². The van der Waals surface area contributed by atoms with Crippen molar-refractivity contribution in [2.45, 2.75) is 11.8 Å². The summed E-state index contributed by atoms with van der Waals surface area (Å²) in [6.07, 6.45) is 3.30. The van der Waals surface area contributed by atoms with E-state index in [0.29, 0.717) is 13.1 Å². The van der Waals surface area contributed by atoms with Crippen LogP contribution in [-0.2, 0) is 14.8 Å². The Bertz CT molecular complexity index is 947. The zero-order chi connectivity index (χ0) is 19.4. The van der Waals surface area contributed by atoms with Crippen LogP contribution in [0.5, 0.6) is 0 Å². The van der Waals surface area contributed by atoms with Gasteiger partial charge in [0.25, 0.3) is 0 Å². The lowest BCUT2D eigenvalue weighted by Crippen LogP contribution is -2.50. The van der Waals surface area contributed by atoms with Crippen LogP contribution in [0.25, 0.3) is 6.08 Å². The molecule has 0 bridgehead atoms. The molecule has 3 rings (SSSR count). The fourth-order valence-electron chi connectivity index (χ4n) is 2.89. The van der Waals surface area contributed by atoms with Crippen LogP contribution in [0.1, 0.15) is 11.1 Å². The molecule has 1 heterocycles. The molecule has 0 unspecified atom stereocenters. The van der Waals surface area contributed by atoms with Gasteiger partial charge in [0.2, 0.25) is 15.9 Å². The fourth-order valence-corrected chi connectivity index (χ4v) is 4.81. The molecule has 1 aliphatic heterocycles. The van der Waals surface area contributed by atoms with E-state index in [2.05, 4.69) is 0 Å². The molecule has 7 heteroatoms. The summed E-state index contributed by atoms with van der Waals surface area (Å²) in [5.41, 5.74) is 2.11. The van der Waals surface area contributed by atoms with Crippen molar-refractivity contribution in [2.75, 3.05) is 26.2 Å². The first-order valence-corrected chi connectivity index (χ1v) is 10.5. The molecular weight excluding hydrogens is 384 g/mol. The summed E-state index contributed by atoms with van der Waals surface area (Å²) < 4.78 is 26.9. The van der Waals surface area contributed by atoms with Crippen molar-refractivity contribution in [2.24, 2.45) is 0 Å². The summed E-state index contributed by atoms with van der Waals surface area (Å²) >= 11 is 6.04. The molecule has 1 fully saturated rings. The maximum atomic E-state index is 12.7. The van der Waals surface area contributed by atoms with Crippen molar-refractivity contribution in [3.05, 3.63) is 70.8 Å². The highest BCUT2D eigenvalue weighted by atomic mass is 35.5. The summed E-state index contributed by atoms with van der Waals surface area (Å²) in [4.78, 5) is 14.1. The average molecular weight is 405 g/mol. The lowest BCUT2D eigenvalue weighted by molar-refractivity contribution is -0.127. The number of sulfonamides is 1. The highest BCUT2D eigenvalue weighted by Crippen LogP contribution is 2.25. The van der Waals surface area contributed by atoms with Gasteiger partial charge in [-0.1, -0.05) is 53.6 Å². The number of carbonyl (C=O) groups excluding carboxylic acids is 1. The first kappa shape index (κ1) is 19.6. The van der Waals surface area contributed by atoms with Gasteiger partial charge in [0, 0.05) is 32.3 Å². The van der Waals surface area contributed by atoms with Crippen molar-refractivity contribution in [3.63, 3.8) is 0 Å². The molecular formula is C20H21ClN2O3S. The molecule has 142 valence electrons. The van der Waals surface area contributed by atoms with E-state index in [4.69, 9.17) is 11.6 Å². The SMILES string of the molecule is Cc1ccc(/C=C/C(=O)N2CCN(S(=O)(=O)c3ccccc3Cl)CC2)cc1. The number of piperazine rings is 1. The van der Waals surface area contributed by atoms with Crippen LogP contribution in [0.15, 0.2) is 59.5 Å². The fraction of sp³-hybridized carbons (Fsp3) is 0.250. The lowest BCUT2D eigenvalue weighted by atomic mass is 10.1. The number of benzene rings is 2. The number of hydrogen-bond acceptors (Lipinski definition) is 3. The van der Waals surface area contributed by atoms with Gasteiger partial charge in [-0.3, -0.25) is 4.79 Å². The zero-order valence-electron chi connectivity index (χ0n) is 15.0. The number of carbonyl (C=O) groups is 1. The van der Waals surface area contributed by atoms with Crippen LogP contribution < -0.4 is 0 Å². The van der Waals surface area contributed by atoms with Crippen molar-refractivity contribution in [3.8, 4) is 0 Å². The van der Waals surface area contributed by atoms with Crippen LogP contribution in [0.3, 0.4) is 0 Å². The molecule has 0 N–H and O–H groups in total. The van der Waals surface area contributed by atoms with Crippen molar-refractivity contribution < 1.29 is 13.2 Å². The Morgan fingerprint density at radius 1 is 1.00 bits per heavy atom. The third-order valence-electron chi connectivity index (χ3n) is 4.50. The largest absolute Gasteiger partial charge is 0.337 e. The van der Waals surface area contributed by atoms with Crippen LogP contribution in [0, 0.1) is 6.92 Å². The first-order valence-electron chi connectivity index (χ1n) is 8.66. The maximum absolute atomic E-state index is 12.7. The van der Waals surface area contributed by atoms with Crippen molar-refractivity contribution in [1.82, 2.24) is 9.21 Å². The summed E-state index contributed by atoms with van der Waals surface area (Å²) in [6, 6.07) is 14.3. The van der Waals surface area contributed by atoms with Gasteiger partial charge in [0.1, 0.15) is 4.90 Å². The van der Waals surface area contributed by atoms with Gasteiger partial charge in [-0.25, -0.2) is 8.42 Å². The van der Waals surface area contributed by atoms with E-state index in [1.807, 2.05) is 31.2 Å². The lowest BCUT2D eigenvalue weighted by Gasteiger charge is -2.33. The van der Waals surface area contributed by atoms with Crippen LogP contribution in [0.4, 0.5) is 0 Å². The summed E-state index contributed by atoms with van der Waals surface area (Å²) in [5, 5.41) is 0.206. The van der Waals surface area contributed by atoms with Gasteiger partial charge in [-0.2, -0.15) is 4.31 Å². The molecule has 1 aliphatic rings. The number of aryl methyl sites for hydroxylation is 1. The van der Waals surface area contributed by atoms with E-state index >= 15 is 0 Å². The van der Waals surface area contributed by atoms with Gasteiger partial charge >= 0.3 is 0 Å². The van der Waals surface area contributed by atoms with Gasteiger partial charge < -0.3 is 4.90 Å². The molecule has 0 spiro atoms. The summed E-state index contributed by atoms with van der Waals surface area (Å²) in [7, 11) is -3.66. The third-order valence-corrected chi connectivity index (χ3v) is 6.90. The molecule has 0 aromatic heterocycles. The minimum atomic E-state index is -3.66. The Kier molecular flexibility index (Phi) is 5.99. The second-order valence-electron chi connectivity index (χ2n) is 6.40. The van der Waals surface area contributed by atoms with Crippen LogP contribution in [-0.4, -0.2) is 49.7 Å². The molecule has 1 saturated heterocycles. The molecule has 0 saturated carbocycles. The van der Waals surface area contributed by atoms with Crippen LogP contribution in [0.2, 0.25) is 5.02 Å². The topological polar surface area (TPSA) is 57.7 Å². The Morgan fingerprint density at radius 3 is 2.26 bits per heavy atom. The van der Waals surface area contributed by atoms with E-state index < -0.39 is 10.0 Å². The Labute approximate surface area is 164 Å². The smallest absolute Gasteiger partial charge is 0.246 e. The molecule has 1 amide bonds. The zero-order valence-corrected chi connectivity index (χ0v) is 16.6. The molecule has 0 aliphatic carbocycles. The number of halogens is 1. The predicted molar refractivity (Wildman–Crippen MR) is 107 cm³/mol. The molecule has 2 aromatic rings. The molecule has 0 radical (unpaired) electrons.